The Labute approximate surface area is 99.5 Å². The maximum absolute atomic E-state index is 5.60. The van der Waals surface area contributed by atoms with Gasteiger partial charge in [-0.2, -0.15) is 0 Å². The molecule has 0 aromatic heterocycles. The van der Waals surface area contributed by atoms with Crippen molar-refractivity contribution in [2.75, 3.05) is 26.4 Å². The molecule has 0 N–H and O–H groups in total. The van der Waals surface area contributed by atoms with E-state index in [0.29, 0.717) is 13.2 Å². The zero-order valence-corrected chi connectivity index (χ0v) is 10.7. The van der Waals surface area contributed by atoms with Gasteiger partial charge in [-0.15, -0.1) is 0 Å². The third kappa shape index (κ3) is 5.83. The molecule has 0 radical (unpaired) electrons. The molecule has 0 amide bonds. The lowest BCUT2D eigenvalue weighted by molar-refractivity contribution is -0.146. The number of hydrogen-bond donors (Lipinski definition) is 0. The van der Waals surface area contributed by atoms with Gasteiger partial charge in [0.15, 0.2) is 6.29 Å². The topological polar surface area (TPSA) is 27.7 Å². The van der Waals surface area contributed by atoms with Crippen LogP contribution in [-0.4, -0.2) is 32.7 Å². The standard InChI is InChI=1S/C13H26O3/c1-3-15-13(16-4-2)9-11-14-10-8-12-6-5-7-12/h12-13H,3-11H2,1-2H3. The first-order chi connectivity index (χ1) is 7.86. The Morgan fingerprint density at radius 1 is 1.06 bits per heavy atom. The highest BCUT2D eigenvalue weighted by Crippen LogP contribution is 2.29. The van der Waals surface area contributed by atoms with Crippen LogP contribution in [-0.2, 0) is 14.2 Å². The molecule has 0 aliphatic heterocycles. The Bertz CT molecular complexity index is 151. The van der Waals surface area contributed by atoms with Crippen molar-refractivity contribution in [2.24, 2.45) is 5.92 Å². The van der Waals surface area contributed by atoms with E-state index in [-0.39, 0.29) is 6.29 Å². The number of ether oxygens (including phenoxy) is 3. The summed E-state index contributed by atoms with van der Waals surface area (Å²) in [7, 11) is 0. The summed E-state index contributed by atoms with van der Waals surface area (Å²) < 4.78 is 16.5. The Morgan fingerprint density at radius 3 is 2.25 bits per heavy atom. The number of hydrogen-bond acceptors (Lipinski definition) is 3. The van der Waals surface area contributed by atoms with Crippen LogP contribution in [0.4, 0.5) is 0 Å². The quantitative estimate of drug-likeness (QED) is 0.426. The SMILES string of the molecule is CCOC(CCOCCC1CCC1)OCC. The zero-order valence-electron chi connectivity index (χ0n) is 10.7. The molecule has 0 unspecified atom stereocenters. The van der Waals surface area contributed by atoms with E-state index < -0.39 is 0 Å². The summed E-state index contributed by atoms with van der Waals surface area (Å²) in [5.74, 6) is 0.939. The third-order valence-corrected chi connectivity index (χ3v) is 3.10. The molecule has 0 spiro atoms. The molecular weight excluding hydrogens is 204 g/mol. The van der Waals surface area contributed by atoms with Crippen LogP contribution in [0.25, 0.3) is 0 Å². The van der Waals surface area contributed by atoms with Crippen LogP contribution in [0.1, 0.15) is 46.0 Å². The lowest BCUT2D eigenvalue weighted by Crippen LogP contribution is -2.20. The summed E-state index contributed by atoms with van der Waals surface area (Å²) in [6, 6.07) is 0. The summed E-state index contributed by atoms with van der Waals surface area (Å²) in [4.78, 5) is 0. The summed E-state index contributed by atoms with van der Waals surface area (Å²) >= 11 is 0. The molecule has 0 saturated heterocycles. The van der Waals surface area contributed by atoms with E-state index in [0.717, 1.165) is 25.6 Å². The van der Waals surface area contributed by atoms with Gasteiger partial charge in [0, 0.05) is 26.2 Å². The smallest absolute Gasteiger partial charge is 0.159 e. The van der Waals surface area contributed by atoms with E-state index in [1.54, 1.807) is 0 Å². The molecule has 0 atom stereocenters. The second kappa shape index (κ2) is 8.97. The minimum absolute atomic E-state index is 0.0845. The Hall–Kier alpha value is -0.120. The molecule has 0 aromatic carbocycles. The van der Waals surface area contributed by atoms with Crippen molar-refractivity contribution in [1.82, 2.24) is 0 Å². The van der Waals surface area contributed by atoms with Crippen molar-refractivity contribution in [1.29, 1.82) is 0 Å². The molecule has 0 bridgehead atoms. The van der Waals surface area contributed by atoms with Gasteiger partial charge in [0.2, 0.25) is 0 Å². The van der Waals surface area contributed by atoms with Crippen LogP contribution in [0, 0.1) is 5.92 Å². The lowest BCUT2D eigenvalue weighted by atomic mass is 9.83. The molecule has 1 rings (SSSR count). The first-order valence-electron chi connectivity index (χ1n) is 6.67. The van der Waals surface area contributed by atoms with Gasteiger partial charge in [0.1, 0.15) is 0 Å². The van der Waals surface area contributed by atoms with Crippen LogP contribution in [0.15, 0.2) is 0 Å². The second-order valence-corrected chi connectivity index (χ2v) is 4.33. The number of rotatable bonds is 10. The van der Waals surface area contributed by atoms with Crippen molar-refractivity contribution < 1.29 is 14.2 Å². The lowest BCUT2D eigenvalue weighted by Gasteiger charge is -2.25. The first-order valence-corrected chi connectivity index (χ1v) is 6.67. The highest BCUT2D eigenvalue weighted by atomic mass is 16.7. The van der Waals surface area contributed by atoms with Gasteiger partial charge >= 0.3 is 0 Å². The van der Waals surface area contributed by atoms with Crippen molar-refractivity contribution >= 4 is 0 Å². The fraction of sp³-hybridized carbons (Fsp3) is 1.00. The maximum atomic E-state index is 5.60. The van der Waals surface area contributed by atoms with Crippen LogP contribution in [0.3, 0.4) is 0 Å². The van der Waals surface area contributed by atoms with Crippen molar-refractivity contribution in [2.45, 2.75) is 52.2 Å². The largest absolute Gasteiger partial charge is 0.381 e. The van der Waals surface area contributed by atoms with Gasteiger partial charge in [-0.25, -0.2) is 0 Å². The van der Waals surface area contributed by atoms with E-state index in [9.17, 15) is 0 Å². The first kappa shape index (κ1) is 13.9. The summed E-state index contributed by atoms with van der Waals surface area (Å²) in [5, 5.41) is 0. The predicted octanol–water partition coefficient (Wildman–Crippen LogP) is 2.98. The maximum Gasteiger partial charge on any atom is 0.159 e. The molecule has 96 valence electrons. The normalized spacial score (nSPS) is 16.7. The van der Waals surface area contributed by atoms with E-state index in [1.165, 1.54) is 25.7 Å². The van der Waals surface area contributed by atoms with Gasteiger partial charge in [-0.05, 0) is 26.2 Å². The van der Waals surface area contributed by atoms with E-state index in [1.807, 2.05) is 13.8 Å². The summed E-state index contributed by atoms with van der Waals surface area (Å²) in [6.45, 7) is 7.03. The zero-order chi connectivity index (χ0) is 11.6. The monoisotopic (exact) mass is 230 g/mol. The van der Waals surface area contributed by atoms with Gasteiger partial charge in [0.25, 0.3) is 0 Å². The molecule has 3 heteroatoms. The summed E-state index contributed by atoms with van der Waals surface area (Å²) in [6.07, 6.45) is 6.22. The highest BCUT2D eigenvalue weighted by molar-refractivity contribution is 4.68. The van der Waals surface area contributed by atoms with Gasteiger partial charge in [0.05, 0.1) is 6.61 Å². The van der Waals surface area contributed by atoms with Crippen LogP contribution >= 0.6 is 0 Å². The van der Waals surface area contributed by atoms with Crippen LogP contribution in [0.2, 0.25) is 0 Å². The van der Waals surface area contributed by atoms with Gasteiger partial charge < -0.3 is 14.2 Å². The molecule has 1 fully saturated rings. The Morgan fingerprint density at radius 2 is 1.75 bits per heavy atom. The van der Waals surface area contributed by atoms with Crippen molar-refractivity contribution in [3.05, 3.63) is 0 Å². The Balaban J connectivity index is 1.90. The molecule has 1 saturated carbocycles. The minimum Gasteiger partial charge on any atom is -0.381 e. The summed E-state index contributed by atoms with van der Waals surface area (Å²) in [5.41, 5.74) is 0. The fourth-order valence-electron chi connectivity index (χ4n) is 1.90. The van der Waals surface area contributed by atoms with Crippen LogP contribution < -0.4 is 0 Å². The fourth-order valence-corrected chi connectivity index (χ4v) is 1.90. The molecular formula is C13H26O3. The van der Waals surface area contributed by atoms with Gasteiger partial charge in [-0.3, -0.25) is 0 Å². The molecule has 3 nitrogen and oxygen atoms in total. The van der Waals surface area contributed by atoms with Gasteiger partial charge in [-0.1, -0.05) is 19.3 Å². The molecule has 0 heterocycles. The van der Waals surface area contributed by atoms with Crippen LogP contribution in [0.5, 0.6) is 0 Å². The minimum atomic E-state index is -0.0845. The molecule has 16 heavy (non-hydrogen) atoms. The average Bonchev–Trinajstić information content (AvgIpc) is 2.21. The second-order valence-electron chi connectivity index (χ2n) is 4.33. The predicted molar refractivity (Wildman–Crippen MR) is 64.4 cm³/mol. The third-order valence-electron chi connectivity index (χ3n) is 3.10. The van der Waals surface area contributed by atoms with E-state index >= 15 is 0 Å². The molecule has 0 aromatic rings. The van der Waals surface area contributed by atoms with E-state index in [4.69, 9.17) is 14.2 Å². The van der Waals surface area contributed by atoms with Crippen molar-refractivity contribution in [3.8, 4) is 0 Å². The molecule has 1 aliphatic carbocycles. The Kier molecular flexibility index (Phi) is 7.81. The molecule has 1 aliphatic rings. The van der Waals surface area contributed by atoms with E-state index in [2.05, 4.69) is 0 Å². The highest BCUT2D eigenvalue weighted by Gasteiger charge is 2.16. The average molecular weight is 230 g/mol. The van der Waals surface area contributed by atoms with Crippen molar-refractivity contribution in [3.63, 3.8) is 0 Å².